The van der Waals surface area contributed by atoms with E-state index in [9.17, 15) is 22.7 Å². The van der Waals surface area contributed by atoms with E-state index < -0.39 is 32.6 Å². The summed E-state index contributed by atoms with van der Waals surface area (Å²) in [4.78, 5) is 4.13. The molecule has 0 aliphatic carbocycles. The highest BCUT2D eigenvalue weighted by molar-refractivity contribution is 6.76. The molecule has 1 atom stereocenters. The van der Waals surface area contributed by atoms with Gasteiger partial charge in [0.25, 0.3) is 0 Å². The molecule has 1 N–H and O–H groups in total. The van der Waals surface area contributed by atoms with E-state index in [2.05, 4.69) is 24.6 Å². The first-order valence-electron chi connectivity index (χ1n) is 9.48. The van der Waals surface area contributed by atoms with Gasteiger partial charge in [0.05, 0.1) is 12.7 Å². The third-order valence-corrected chi connectivity index (χ3v) is 6.39. The minimum atomic E-state index is -4.51. The molecule has 10 heteroatoms. The molecule has 0 bridgehead atoms. The second kappa shape index (κ2) is 8.52. The van der Waals surface area contributed by atoms with Crippen LogP contribution in [0.2, 0.25) is 25.7 Å². The Morgan fingerprint density at radius 3 is 2.67 bits per heavy atom. The Bertz CT molecular complexity index is 1010. The maximum Gasteiger partial charge on any atom is 0.393 e. The first-order chi connectivity index (χ1) is 14.0. The Kier molecular flexibility index (Phi) is 6.39. The molecule has 1 unspecified atom stereocenters. The van der Waals surface area contributed by atoms with Gasteiger partial charge in [-0.05, 0) is 17.7 Å². The molecule has 164 valence electrons. The Balaban J connectivity index is 1.89. The van der Waals surface area contributed by atoms with Crippen molar-refractivity contribution in [2.24, 2.45) is 0 Å². The maximum atomic E-state index is 14.1. The second-order valence-electron chi connectivity index (χ2n) is 8.40. The molecule has 0 aliphatic heterocycles. The summed E-state index contributed by atoms with van der Waals surface area (Å²) in [6.07, 6.45) is -3.23. The first-order valence-corrected chi connectivity index (χ1v) is 13.2. The lowest BCUT2D eigenvalue weighted by Crippen LogP contribution is -2.22. The second-order valence-corrected chi connectivity index (χ2v) is 14.0. The van der Waals surface area contributed by atoms with E-state index in [1.807, 2.05) is 0 Å². The number of alkyl halides is 3. The summed E-state index contributed by atoms with van der Waals surface area (Å²) >= 11 is 0. The van der Waals surface area contributed by atoms with Gasteiger partial charge in [-0.15, -0.1) is 0 Å². The lowest BCUT2D eigenvalue weighted by Gasteiger charge is -2.18. The number of nitrogens with zero attached hydrogens (tertiary/aromatic N) is 2. The Morgan fingerprint density at radius 2 is 2.00 bits per heavy atom. The highest BCUT2D eigenvalue weighted by atomic mass is 28.3. The summed E-state index contributed by atoms with van der Waals surface area (Å²) in [7, 11) is -1.26. The number of rotatable bonds is 8. The third-order valence-electron chi connectivity index (χ3n) is 4.69. The van der Waals surface area contributed by atoms with E-state index >= 15 is 0 Å². The van der Waals surface area contributed by atoms with Gasteiger partial charge < -0.3 is 18.8 Å². The van der Waals surface area contributed by atoms with E-state index in [4.69, 9.17) is 9.15 Å². The quantitative estimate of drug-likeness (QED) is 0.292. The highest BCUT2D eigenvalue weighted by Crippen LogP contribution is 2.36. The zero-order valence-electron chi connectivity index (χ0n) is 17.0. The first kappa shape index (κ1) is 22.5. The number of aliphatic hydroxyl groups excluding tert-OH is 1. The van der Waals surface area contributed by atoms with Gasteiger partial charge in [0.1, 0.15) is 18.7 Å². The van der Waals surface area contributed by atoms with Crippen molar-refractivity contribution < 1.29 is 31.8 Å². The number of furan rings is 1. The zero-order valence-corrected chi connectivity index (χ0v) is 18.0. The molecule has 3 rings (SSSR count). The van der Waals surface area contributed by atoms with Gasteiger partial charge in [-0.3, -0.25) is 0 Å². The summed E-state index contributed by atoms with van der Waals surface area (Å²) in [6.45, 7) is 7.38. The van der Waals surface area contributed by atoms with E-state index in [0.29, 0.717) is 6.61 Å². The maximum absolute atomic E-state index is 14.1. The molecule has 1 aromatic carbocycles. The summed E-state index contributed by atoms with van der Waals surface area (Å²) < 4.78 is 65.2. The monoisotopic (exact) mass is 444 g/mol. The largest absolute Gasteiger partial charge is 0.461 e. The van der Waals surface area contributed by atoms with Crippen LogP contribution in [0.5, 0.6) is 0 Å². The fourth-order valence-corrected chi connectivity index (χ4v) is 3.90. The van der Waals surface area contributed by atoms with E-state index in [-0.39, 0.29) is 34.7 Å². The van der Waals surface area contributed by atoms with Crippen molar-refractivity contribution in [2.45, 2.75) is 51.1 Å². The third kappa shape index (κ3) is 5.30. The van der Waals surface area contributed by atoms with Gasteiger partial charge in [0.15, 0.2) is 11.4 Å². The number of imidazole rings is 1. The molecule has 0 aliphatic rings. The van der Waals surface area contributed by atoms with Crippen LogP contribution in [0.1, 0.15) is 23.1 Å². The molecule has 5 nitrogen and oxygen atoms in total. The SMILES string of the molecule is C[Si](C)(C)CCOCn1ccnc1C(O)c1ccc(F)c2occ(CC(F)(F)F)c12. The van der Waals surface area contributed by atoms with Crippen LogP contribution in [0.3, 0.4) is 0 Å². The predicted molar refractivity (Wildman–Crippen MR) is 106 cm³/mol. The van der Waals surface area contributed by atoms with Crippen molar-refractivity contribution in [3.63, 3.8) is 0 Å². The summed E-state index contributed by atoms with van der Waals surface area (Å²) in [5.74, 6) is -0.609. The van der Waals surface area contributed by atoms with Crippen molar-refractivity contribution in [2.75, 3.05) is 6.61 Å². The molecular formula is C20H24F4N2O3Si. The fraction of sp³-hybridized carbons (Fsp3) is 0.450. The van der Waals surface area contributed by atoms with Crippen molar-refractivity contribution in [1.29, 1.82) is 0 Å². The number of benzene rings is 1. The zero-order chi connectivity index (χ0) is 22.1. The summed E-state index contributed by atoms with van der Waals surface area (Å²) in [5, 5.41) is 10.8. The molecule has 0 spiro atoms. The fourth-order valence-electron chi connectivity index (χ4n) is 3.14. The van der Waals surface area contributed by atoms with E-state index in [1.54, 1.807) is 10.8 Å². The summed E-state index contributed by atoms with van der Waals surface area (Å²) in [6, 6.07) is 3.27. The van der Waals surface area contributed by atoms with Crippen molar-refractivity contribution >= 4 is 19.0 Å². The Hall–Kier alpha value is -2.17. The topological polar surface area (TPSA) is 60.4 Å². The van der Waals surface area contributed by atoms with Crippen molar-refractivity contribution in [3.8, 4) is 0 Å². The molecular weight excluding hydrogens is 420 g/mol. The van der Waals surface area contributed by atoms with Crippen LogP contribution in [0.15, 0.2) is 35.2 Å². The van der Waals surface area contributed by atoms with Gasteiger partial charge in [0.2, 0.25) is 0 Å². The van der Waals surface area contributed by atoms with Crippen LogP contribution in [0.25, 0.3) is 11.0 Å². The van der Waals surface area contributed by atoms with Crippen LogP contribution < -0.4 is 0 Å². The lowest BCUT2D eigenvalue weighted by molar-refractivity contribution is -0.127. The molecule has 30 heavy (non-hydrogen) atoms. The Morgan fingerprint density at radius 1 is 1.27 bits per heavy atom. The average Bonchev–Trinajstić information content (AvgIpc) is 3.24. The van der Waals surface area contributed by atoms with Gasteiger partial charge in [-0.2, -0.15) is 13.2 Å². The molecule has 2 heterocycles. The van der Waals surface area contributed by atoms with Gasteiger partial charge in [0, 0.05) is 38.0 Å². The van der Waals surface area contributed by atoms with Crippen LogP contribution in [-0.4, -0.2) is 35.5 Å². The molecule has 0 amide bonds. The van der Waals surface area contributed by atoms with E-state index in [0.717, 1.165) is 18.4 Å². The number of fused-ring (bicyclic) bond motifs is 1. The normalized spacial score (nSPS) is 13.9. The Labute approximate surface area is 172 Å². The van der Waals surface area contributed by atoms with Crippen LogP contribution in [0, 0.1) is 5.82 Å². The molecule has 0 saturated carbocycles. The van der Waals surface area contributed by atoms with Gasteiger partial charge >= 0.3 is 6.18 Å². The van der Waals surface area contributed by atoms with Crippen LogP contribution in [0.4, 0.5) is 17.6 Å². The van der Waals surface area contributed by atoms with Crippen LogP contribution in [-0.2, 0) is 17.9 Å². The minimum absolute atomic E-state index is 0.0889. The number of aliphatic hydroxyl groups is 1. The van der Waals surface area contributed by atoms with Crippen molar-refractivity contribution in [3.05, 3.63) is 53.6 Å². The van der Waals surface area contributed by atoms with Gasteiger partial charge in [-0.25, -0.2) is 9.37 Å². The van der Waals surface area contributed by atoms with Crippen molar-refractivity contribution in [1.82, 2.24) is 9.55 Å². The highest BCUT2D eigenvalue weighted by Gasteiger charge is 2.32. The number of hydrogen-bond donors (Lipinski definition) is 1. The predicted octanol–water partition coefficient (Wildman–Crippen LogP) is 5.27. The number of hydrogen-bond acceptors (Lipinski definition) is 4. The van der Waals surface area contributed by atoms with E-state index in [1.165, 1.54) is 12.3 Å². The molecule has 3 aromatic rings. The molecule has 0 radical (unpaired) electrons. The average molecular weight is 445 g/mol. The lowest BCUT2D eigenvalue weighted by atomic mass is 9.99. The standard InChI is InChI=1S/C20H24F4N2O3Si/c1-30(2,3)9-8-28-12-26-7-6-25-19(26)17(27)14-4-5-15(21)18-16(14)13(11-29-18)10-20(22,23)24/h4-7,11,17,27H,8-10,12H2,1-3H3. The van der Waals surface area contributed by atoms with Gasteiger partial charge in [-0.1, -0.05) is 25.7 Å². The molecule has 2 aromatic heterocycles. The number of ether oxygens (including phenoxy) is 1. The molecule has 0 fully saturated rings. The van der Waals surface area contributed by atoms with Crippen LogP contribution >= 0.6 is 0 Å². The summed E-state index contributed by atoms with van der Waals surface area (Å²) in [5.41, 5.74) is -0.472. The smallest absolute Gasteiger partial charge is 0.393 e. The number of halogens is 4. The minimum Gasteiger partial charge on any atom is -0.461 e. The molecule has 0 saturated heterocycles. The number of aromatic nitrogens is 2.